The highest BCUT2D eigenvalue weighted by atomic mass is 35.5. The van der Waals surface area contributed by atoms with Crippen molar-refractivity contribution >= 4 is 23.2 Å². The molecule has 5 nitrogen and oxygen atoms in total. The summed E-state index contributed by atoms with van der Waals surface area (Å²) in [6.45, 7) is 8.43. The zero-order valence-electron chi connectivity index (χ0n) is 15.9. The van der Waals surface area contributed by atoms with E-state index in [1.54, 1.807) is 6.20 Å². The Morgan fingerprint density at radius 1 is 1.37 bits per heavy atom. The van der Waals surface area contributed by atoms with Crippen LogP contribution in [0.2, 0.25) is 5.02 Å². The lowest BCUT2D eigenvalue weighted by molar-refractivity contribution is 0.347. The van der Waals surface area contributed by atoms with Crippen molar-refractivity contribution in [3.63, 3.8) is 0 Å². The minimum Gasteiger partial charge on any atom is -0.368 e. The van der Waals surface area contributed by atoms with Crippen molar-refractivity contribution in [1.29, 1.82) is 0 Å². The molecule has 3 rings (SSSR count). The van der Waals surface area contributed by atoms with E-state index in [0.29, 0.717) is 0 Å². The number of hydrogen-bond acceptors (Lipinski definition) is 4. The van der Waals surface area contributed by atoms with Gasteiger partial charge in [-0.3, -0.25) is 0 Å². The molecule has 0 bridgehead atoms. The minimum atomic E-state index is 0.191. The highest BCUT2D eigenvalue weighted by Crippen LogP contribution is 2.31. The van der Waals surface area contributed by atoms with Crippen molar-refractivity contribution < 1.29 is 0 Å². The van der Waals surface area contributed by atoms with Gasteiger partial charge in [-0.25, -0.2) is 4.98 Å². The van der Waals surface area contributed by atoms with Crippen LogP contribution in [0.5, 0.6) is 0 Å². The molecule has 27 heavy (non-hydrogen) atoms. The molecule has 1 aromatic carbocycles. The first-order chi connectivity index (χ1) is 12.9. The van der Waals surface area contributed by atoms with Gasteiger partial charge in [-0.1, -0.05) is 37.2 Å². The number of nitrogen functional groups attached to an aromatic ring is 1. The molecule has 2 N–H and O–H groups in total. The van der Waals surface area contributed by atoms with Gasteiger partial charge >= 0.3 is 0 Å². The minimum absolute atomic E-state index is 0.191. The number of anilines is 1. The Kier molecular flexibility index (Phi) is 5.51. The highest BCUT2D eigenvalue weighted by molar-refractivity contribution is 6.30. The summed E-state index contributed by atoms with van der Waals surface area (Å²) in [5.41, 5.74) is 9.82. The first-order valence-corrected chi connectivity index (χ1v) is 9.23. The Bertz CT molecular complexity index is 963. The molecule has 6 heteroatoms. The van der Waals surface area contributed by atoms with Crippen LogP contribution >= 0.6 is 11.6 Å². The lowest BCUT2D eigenvalue weighted by Crippen LogP contribution is -2.22. The molecule has 140 valence electrons. The normalized spacial score (nSPS) is 12.0. The van der Waals surface area contributed by atoms with Crippen LogP contribution in [0.15, 0.2) is 55.5 Å². The van der Waals surface area contributed by atoms with Crippen molar-refractivity contribution in [2.75, 3.05) is 12.8 Å². The summed E-state index contributed by atoms with van der Waals surface area (Å²) in [7, 11) is 2.06. The quantitative estimate of drug-likeness (QED) is 0.662. The predicted molar refractivity (Wildman–Crippen MR) is 112 cm³/mol. The van der Waals surface area contributed by atoms with Crippen molar-refractivity contribution in [3.05, 3.63) is 77.2 Å². The van der Waals surface area contributed by atoms with Crippen LogP contribution in [0.1, 0.15) is 36.1 Å². The van der Waals surface area contributed by atoms with E-state index in [-0.39, 0.29) is 12.0 Å². The van der Waals surface area contributed by atoms with Gasteiger partial charge in [0.2, 0.25) is 5.95 Å². The molecule has 0 aliphatic heterocycles. The van der Waals surface area contributed by atoms with Gasteiger partial charge in [-0.15, -0.1) is 0 Å². The van der Waals surface area contributed by atoms with Gasteiger partial charge in [0.1, 0.15) is 5.82 Å². The molecule has 2 heterocycles. The number of aryl methyl sites for hydroxylation is 1. The van der Waals surface area contributed by atoms with Crippen LogP contribution in [0.25, 0.3) is 11.5 Å². The van der Waals surface area contributed by atoms with Crippen LogP contribution in [0, 0.1) is 6.92 Å². The predicted octanol–water partition coefficient (Wildman–Crippen LogP) is 4.87. The average molecular weight is 382 g/mol. The van der Waals surface area contributed by atoms with Gasteiger partial charge in [0.05, 0.1) is 6.04 Å². The Balaban J connectivity index is 1.87. The third-order valence-electron chi connectivity index (χ3n) is 4.75. The largest absolute Gasteiger partial charge is 0.368 e. The van der Waals surface area contributed by atoms with Crippen LogP contribution < -0.4 is 5.73 Å². The van der Waals surface area contributed by atoms with Crippen LogP contribution in [0.3, 0.4) is 0 Å². The van der Waals surface area contributed by atoms with E-state index in [1.165, 1.54) is 5.56 Å². The summed E-state index contributed by atoms with van der Waals surface area (Å²) in [5, 5.41) is 0.743. The molecule has 0 saturated carbocycles. The molecule has 0 fully saturated rings. The molecule has 0 spiro atoms. The van der Waals surface area contributed by atoms with E-state index < -0.39 is 0 Å². The molecule has 0 saturated heterocycles. The number of benzene rings is 1. The fourth-order valence-electron chi connectivity index (χ4n) is 3.25. The van der Waals surface area contributed by atoms with E-state index in [9.17, 15) is 0 Å². The molecule has 3 aromatic rings. The van der Waals surface area contributed by atoms with Gasteiger partial charge < -0.3 is 15.2 Å². The zero-order chi connectivity index (χ0) is 19.6. The molecular formula is C21H24ClN5. The third kappa shape index (κ3) is 3.98. The number of nitrogens with two attached hydrogens (primary N) is 1. The number of halogens is 1. The fourth-order valence-corrected chi connectivity index (χ4v) is 3.44. The lowest BCUT2D eigenvalue weighted by Gasteiger charge is -2.31. The SMILES string of the molecule is C=C(c1ccn(-c2nc(N)ncc2C)c1)N(C)C(CC)c1cccc(Cl)c1. The summed E-state index contributed by atoms with van der Waals surface area (Å²) >= 11 is 6.18. The maximum atomic E-state index is 6.18. The molecule has 0 aliphatic carbocycles. The summed E-state index contributed by atoms with van der Waals surface area (Å²) in [6, 6.07) is 10.2. The number of nitrogens with zero attached hydrogens (tertiary/aromatic N) is 4. The van der Waals surface area contributed by atoms with E-state index in [1.807, 2.05) is 48.1 Å². The second kappa shape index (κ2) is 7.84. The molecule has 0 radical (unpaired) electrons. The topological polar surface area (TPSA) is 60.0 Å². The first-order valence-electron chi connectivity index (χ1n) is 8.85. The van der Waals surface area contributed by atoms with Crippen molar-refractivity contribution in [1.82, 2.24) is 19.4 Å². The Labute approximate surface area is 165 Å². The summed E-state index contributed by atoms with van der Waals surface area (Å²) < 4.78 is 1.95. The second-order valence-electron chi connectivity index (χ2n) is 6.58. The molecule has 2 aromatic heterocycles. The number of rotatable bonds is 6. The highest BCUT2D eigenvalue weighted by Gasteiger charge is 2.18. The van der Waals surface area contributed by atoms with E-state index in [4.69, 9.17) is 17.3 Å². The summed E-state index contributed by atoms with van der Waals surface area (Å²) in [6.07, 6.45) is 6.64. The Morgan fingerprint density at radius 3 is 2.85 bits per heavy atom. The van der Waals surface area contributed by atoms with Crippen molar-refractivity contribution in [3.8, 4) is 5.82 Å². The van der Waals surface area contributed by atoms with E-state index in [2.05, 4.69) is 41.5 Å². The van der Waals surface area contributed by atoms with E-state index >= 15 is 0 Å². The molecule has 1 unspecified atom stereocenters. The van der Waals surface area contributed by atoms with Crippen molar-refractivity contribution in [2.24, 2.45) is 0 Å². The second-order valence-corrected chi connectivity index (χ2v) is 7.02. The first kappa shape index (κ1) is 19.0. The van der Waals surface area contributed by atoms with Crippen molar-refractivity contribution in [2.45, 2.75) is 26.3 Å². The van der Waals surface area contributed by atoms with Gasteiger partial charge in [0, 0.05) is 47.5 Å². The Hall–Kier alpha value is -2.79. The molecule has 1 atom stereocenters. The van der Waals surface area contributed by atoms with Gasteiger partial charge in [-0.2, -0.15) is 4.98 Å². The van der Waals surface area contributed by atoms with Crippen LogP contribution in [0.4, 0.5) is 5.95 Å². The standard InChI is InChI=1S/C21H24ClN5/c1-5-19(16-7-6-8-18(22)11-16)26(4)15(3)17-9-10-27(13-17)20-14(2)12-24-21(23)25-20/h6-13,19H,3,5H2,1-2,4H3,(H2,23,24,25). The Morgan fingerprint density at radius 2 is 2.15 bits per heavy atom. The van der Waals surface area contributed by atoms with Gasteiger partial charge in [-0.05, 0) is 37.1 Å². The zero-order valence-corrected chi connectivity index (χ0v) is 16.6. The fraction of sp³-hybridized carbons (Fsp3) is 0.238. The third-order valence-corrected chi connectivity index (χ3v) is 4.98. The number of hydrogen-bond donors (Lipinski definition) is 1. The smallest absolute Gasteiger partial charge is 0.221 e. The van der Waals surface area contributed by atoms with Gasteiger partial charge in [0.15, 0.2) is 0 Å². The lowest BCUT2D eigenvalue weighted by atomic mass is 10.0. The van der Waals surface area contributed by atoms with E-state index in [0.717, 1.165) is 34.1 Å². The summed E-state index contributed by atoms with van der Waals surface area (Å²) in [5.74, 6) is 1.03. The molecule has 0 amide bonds. The number of aromatic nitrogens is 3. The van der Waals surface area contributed by atoms with Crippen LogP contribution in [-0.4, -0.2) is 26.5 Å². The maximum absolute atomic E-state index is 6.18. The molecule has 0 aliphatic rings. The van der Waals surface area contributed by atoms with Gasteiger partial charge in [0.25, 0.3) is 0 Å². The maximum Gasteiger partial charge on any atom is 0.221 e. The monoisotopic (exact) mass is 381 g/mol. The summed E-state index contributed by atoms with van der Waals surface area (Å²) in [4.78, 5) is 10.6. The molecular weight excluding hydrogens is 358 g/mol. The average Bonchev–Trinajstić information content (AvgIpc) is 3.13. The van der Waals surface area contributed by atoms with Crippen LogP contribution in [-0.2, 0) is 0 Å².